The summed E-state index contributed by atoms with van der Waals surface area (Å²) in [6.45, 7) is 4.69. The summed E-state index contributed by atoms with van der Waals surface area (Å²) >= 11 is 12.8. The van der Waals surface area contributed by atoms with Gasteiger partial charge in [0.2, 0.25) is 5.91 Å². The van der Waals surface area contributed by atoms with Crippen LogP contribution in [0.5, 0.6) is 0 Å². The topological polar surface area (TPSA) is 178 Å². The van der Waals surface area contributed by atoms with Crippen LogP contribution < -0.4 is 28.2 Å². The molecule has 6 aliphatic rings. The number of aromatic amines is 1. The van der Waals surface area contributed by atoms with Gasteiger partial charge in [-0.05, 0) is 88.1 Å². The Labute approximate surface area is 311 Å². The van der Waals surface area contributed by atoms with Gasteiger partial charge in [-0.15, -0.1) is 4.68 Å². The number of benzene rings is 2. The van der Waals surface area contributed by atoms with Gasteiger partial charge in [0.25, 0.3) is 12.3 Å². The zero-order chi connectivity index (χ0) is 36.7. The minimum absolute atomic E-state index is 0.0117. The van der Waals surface area contributed by atoms with Crippen molar-refractivity contribution in [1.29, 1.82) is 5.26 Å². The average Bonchev–Trinajstić information content (AvgIpc) is 3.75. The highest BCUT2D eigenvalue weighted by Gasteiger charge is 2.39. The van der Waals surface area contributed by atoms with Crippen molar-refractivity contribution in [3.8, 4) is 17.2 Å². The van der Waals surface area contributed by atoms with Gasteiger partial charge in [-0.25, -0.2) is 15.2 Å². The number of amides is 1. The summed E-state index contributed by atoms with van der Waals surface area (Å²) in [5.41, 5.74) is 13.5. The van der Waals surface area contributed by atoms with E-state index in [9.17, 15) is 10.1 Å². The third kappa shape index (κ3) is 7.15. The van der Waals surface area contributed by atoms with Gasteiger partial charge < -0.3 is 26.4 Å². The summed E-state index contributed by atoms with van der Waals surface area (Å²) < 4.78 is 17.9. The predicted molar refractivity (Wildman–Crippen MR) is 203 cm³/mol. The molecule has 11 nitrogen and oxygen atoms in total. The Bertz CT molecular complexity index is 2130. The number of H-pyrrole nitrogens is 1. The number of hydrogen-bond acceptors (Lipinski definition) is 8. The van der Waals surface area contributed by atoms with Crippen LogP contribution in [0.25, 0.3) is 32.9 Å². The lowest BCUT2D eigenvalue weighted by Gasteiger charge is -2.24. The summed E-state index contributed by atoms with van der Waals surface area (Å²) in [5, 5.41) is 14.8. The van der Waals surface area contributed by atoms with Crippen LogP contribution in [-0.4, -0.2) is 56.8 Å². The molecule has 1 unspecified atom stereocenters. The lowest BCUT2D eigenvalue weighted by Crippen LogP contribution is -2.31. The smallest absolute Gasteiger partial charge is 0.297 e. The minimum atomic E-state index is -0.484. The first-order valence-electron chi connectivity index (χ1n) is 17.9. The van der Waals surface area contributed by atoms with Crippen molar-refractivity contribution in [1.82, 2.24) is 25.6 Å². The first kappa shape index (κ1) is 36.0. The summed E-state index contributed by atoms with van der Waals surface area (Å²) in [7, 11) is 0. The molecule has 2 saturated carbocycles. The Balaban J connectivity index is 0.000000229. The average molecular weight is 747 g/mol. The first-order valence-corrected chi connectivity index (χ1v) is 18.6. The van der Waals surface area contributed by atoms with E-state index in [4.69, 9.17) is 40.6 Å². The van der Waals surface area contributed by atoms with E-state index >= 15 is 4.39 Å². The van der Waals surface area contributed by atoms with Gasteiger partial charge in [0.1, 0.15) is 11.2 Å². The van der Waals surface area contributed by atoms with E-state index in [1.807, 2.05) is 17.9 Å². The van der Waals surface area contributed by atoms with Crippen LogP contribution >= 0.6 is 23.2 Å². The van der Waals surface area contributed by atoms with Crippen LogP contribution in [-0.2, 0) is 11.2 Å². The number of aromatic nitrogens is 2. The maximum absolute atomic E-state index is 16.3. The van der Waals surface area contributed by atoms with E-state index in [-0.39, 0.29) is 34.8 Å². The van der Waals surface area contributed by atoms with Gasteiger partial charge in [0, 0.05) is 64.4 Å². The highest BCUT2D eigenvalue weighted by Crippen LogP contribution is 2.43. The number of hydrogen-bond donors (Lipinski definition) is 6. The fourth-order valence-corrected chi connectivity index (χ4v) is 8.02. The van der Waals surface area contributed by atoms with Crippen molar-refractivity contribution in [3.63, 3.8) is 0 Å². The number of carbonyl (C=O) groups excluding carboxylic acids is 1. The largest absolute Gasteiger partial charge is 0.392 e. The van der Waals surface area contributed by atoms with Crippen molar-refractivity contribution >= 4 is 56.6 Å². The van der Waals surface area contributed by atoms with E-state index in [2.05, 4.69) is 32.8 Å². The molecule has 10 rings (SSSR count). The third-order valence-electron chi connectivity index (χ3n) is 10.7. The number of halogens is 3. The van der Waals surface area contributed by atoms with E-state index in [1.54, 1.807) is 22.9 Å². The number of nitriles is 1. The number of fused-ring (bicyclic) bond motifs is 4. The summed E-state index contributed by atoms with van der Waals surface area (Å²) in [6.07, 6.45) is 8.86. The molecule has 2 aromatic heterocycles. The molecule has 5 fully saturated rings. The SMILES string of the molecule is C1NC2CC1C2.Cc1nc2c(F)c(-c3cccc(Cl)c3Cl)c(CCC#N)cc2c2[nH]c(C3CCCN3C(=O)C3CC3)cc12.NN/C=C(\N)C1=[N+](N)C1. The molecule has 272 valence electrons. The Morgan fingerprint density at radius 1 is 1.23 bits per heavy atom. The zero-order valence-electron chi connectivity index (χ0n) is 29.1. The van der Waals surface area contributed by atoms with Gasteiger partial charge >= 0.3 is 0 Å². The standard InChI is InChI=1S/C29H25Cl2FN4O.C5H9N.C4H9N5/c1-15-19-14-22(23-8-4-12-36(23)29(37)16-9-10-16)35-27(19)20-13-17(5-3-11-33)24(26(32)28(20)34-15)18-6-2-7-21(30)25(18)31;1-4-2-5(1)6-3-4;5-3(1-8-6)4-2-9(4)7/h2,6-7,13-14,16,23,35H,3-5,8-10,12H2,1H3;4-6H,1-3H2;1H,2,5-7H2/p+1. The summed E-state index contributed by atoms with van der Waals surface area (Å²) in [6, 6.07) is 12.2. The van der Waals surface area contributed by atoms with Crippen LogP contribution in [0.2, 0.25) is 10.0 Å². The van der Waals surface area contributed by atoms with Crippen LogP contribution in [0.15, 0.2) is 42.2 Å². The fourth-order valence-electron chi connectivity index (χ4n) is 7.63. The molecule has 1 atom stereocenters. The Hall–Kier alpha value is -4.41. The number of nitrogens with one attached hydrogen (secondary N) is 3. The number of aryl methyl sites for hydroxylation is 2. The predicted octanol–water partition coefficient (Wildman–Crippen LogP) is 5.63. The van der Waals surface area contributed by atoms with Gasteiger partial charge in [0.15, 0.2) is 5.82 Å². The molecule has 52 heavy (non-hydrogen) atoms. The second-order valence-electron chi connectivity index (χ2n) is 14.3. The fraction of sp³-hybridized carbons (Fsp3) is 0.421. The Morgan fingerprint density at radius 2 is 2.00 bits per heavy atom. The molecular formula is C38H44Cl2FN10O+. The van der Waals surface area contributed by atoms with Gasteiger partial charge in [-0.3, -0.25) is 10.6 Å². The van der Waals surface area contributed by atoms with E-state index in [0.717, 1.165) is 73.0 Å². The maximum atomic E-state index is 16.3. The molecule has 1 amide bonds. The molecule has 2 bridgehead atoms. The van der Waals surface area contributed by atoms with Crippen molar-refractivity contribution in [2.24, 2.45) is 29.3 Å². The van der Waals surface area contributed by atoms with Crippen LogP contribution in [0.1, 0.15) is 67.9 Å². The number of nitrogens with two attached hydrogens (primary N) is 3. The van der Waals surface area contributed by atoms with E-state index in [0.29, 0.717) is 44.9 Å². The van der Waals surface area contributed by atoms with Crippen molar-refractivity contribution in [2.75, 3.05) is 19.6 Å². The number of rotatable bonds is 7. The molecule has 4 aliphatic heterocycles. The third-order valence-corrected chi connectivity index (χ3v) is 11.5. The first-order chi connectivity index (χ1) is 25.1. The number of carbonyl (C=O) groups is 1. The quantitative estimate of drug-likeness (QED) is 0.0801. The molecule has 2 aliphatic carbocycles. The van der Waals surface area contributed by atoms with Crippen LogP contribution in [0.4, 0.5) is 4.39 Å². The zero-order valence-corrected chi connectivity index (χ0v) is 30.6. The molecule has 0 radical (unpaired) electrons. The Kier molecular flexibility index (Phi) is 10.3. The monoisotopic (exact) mass is 745 g/mol. The van der Waals surface area contributed by atoms with Crippen LogP contribution in [0, 0.1) is 35.9 Å². The normalized spacial score (nSPS) is 21.7. The summed E-state index contributed by atoms with van der Waals surface area (Å²) in [5.74, 6) is 11.3. The maximum Gasteiger partial charge on any atom is 0.297 e. The number of hydrazone groups is 1. The molecule has 2 aromatic carbocycles. The molecule has 9 N–H and O–H groups in total. The van der Waals surface area contributed by atoms with Gasteiger partial charge in [-0.1, -0.05) is 35.3 Å². The highest BCUT2D eigenvalue weighted by atomic mass is 35.5. The number of hydrazine groups is 2. The number of nitrogens with zero attached hydrogens (tertiary/aromatic N) is 4. The lowest BCUT2D eigenvalue weighted by molar-refractivity contribution is -0.452. The van der Waals surface area contributed by atoms with E-state index < -0.39 is 5.82 Å². The van der Waals surface area contributed by atoms with Crippen molar-refractivity contribution in [2.45, 2.75) is 70.4 Å². The molecule has 3 saturated heterocycles. The van der Waals surface area contributed by atoms with Gasteiger partial charge in [-0.2, -0.15) is 5.26 Å². The van der Waals surface area contributed by atoms with Crippen molar-refractivity contribution in [3.05, 3.63) is 75.0 Å². The number of likely N-dealkylation sites (tertiary alicyclic amines) is 1. The molecule has 14 heteroatoms. The van der Waals surface area contributed by atoms with Crippen LogP contribution in [0.3, 0.4) is 0 Å². The Morgan fingerprint density at radius 3 is 2.62 bits per heavy atom. The minimum Gasteiger partial charge on any atom is -0.392 e. The number of pyridine rings is 1. The van der Waals surface area contributed by atoms with Crippen molar-refractivity contribution < 1.29 is 13.9 Å². The highest BCUT2D eigenvalue weighted by molar-refractivity contribution is 6.43. The molecule has 6 heterocycles. The lowest BCUT2D eigenvalue weighted by atomic mass is 9.87. The second-order valence-corrected chi connectivity index (χ2v) is 15.1. The molecular weight excluding hydrogens is 702 g/mol. The van der Waals surface area contributed by atoms with E-state index in [1.165, 1.54) is 25.6 Å². The van der Waals surface area contributed by atoms with Gasteiger partial charge in [0.05, 0.1) is 27.7 Å². The second kappa shape index (κ2) is 14.9. The summed E-state index contributed by atoms with van der Waals surface area (Å²) in [4.78, 5) is 23.1. The molecule has 0 spiro atoms. The molecule has 4 aromatic rings.